The quantitative estimate of drug-likeness (QED) is 0.664. The molecule has 0 spiro atoms. The highest BCUT2D eigenvalue weighted by atomic mass is 16.5. The van der Waals surface area contributed by atoms with Crippen LogP contribution in [0.2, 0.25) is 0 Å². The van der Waals surface area contributed by atoms with Crippen molar-refractivity contribution in [3.05, 3.63) is 36.4 Å². The van der Waals surface area contributed by atoms with E-state index >= 15 is 0 Å². The number of benzene rings is 1. The van der Waals surface area contributed by atoms with E-state index in [0.29, 0.717) is 37.3 Å². The van der Waals surface area contributed by atoms with Gasteiger partial charge in [0.1, 0.15) is 5.41 Å². The fourth-order valence-electron chi connectivity index (χ4n) is 3.33. The zero-order valence-corrected chi connectivity index (χ0v) is 15.9. The van der Waals surface area contributed by atoms with Crippen molar-refractivity contribution >= 4 is 11.9 Å². The molecule has 0 bridgehead atoms. The molecule has 1 aromatic rings. The van der Waals surface area contributed by atoms with Gasteiger partial charge in [0.25, 0.3) is 5.91 Å². The lowest BCUT2D eigenvalue weighted by Crippen LogP contribution is -2.53. The van der Waals surface area contributed by atoms with E-state index in [1.54, 1.807) is 12.1 Å². The van der Waals surface area contributed by atoms with Crippen molar-refractivity contribution in [3.63, 3.8) is 0 Å². The van der Waals surface area contributed by atoms with E-state index in [2.05, 4.69) is 6.58 Å². The second-order valence-electron chi connectivity index (χ2n) is 6.70. The number of piperidine rings is 1. The second kappa shape index (κ2) is 9.41. The van der Waals surface area contributed by atoms with Gasteiger partial charge in [0.15, 0.2) is 18.1 Å². The highest BCUT2D eigenvalue weighted by Gasteiger charge is 2.43. The molecule has 148 valence electrons. The molecule has 1 aliphatic rings. The fourth-order valence-corrected chi connectivity index (χ4v) is 3.33. The van der Waals surface area contributed by atoms with E-state index in [-0.39, 0.29) is 25.7 Å². The van der Waals surface area contributed by atoms with Gasteiger partial charge in [0, 0.05) is 20.2 Å². The van der Waals surface area contributed by atoms with E-state index in [4.69, 9.17) is 14.2 Å². The number of carbonyl (C=O) groups is 2. The Labute approximate surface area is 159 Å². The number of aliphatic carboxylic acids is 1. The zero-order chi connectivity index (χ0) is 19.9. The standard InChI is InChI=1S/C20H27NO6/c1-4-6-15-7-8-16(17(11-15)26-3)27-12-18(22)21-10-5-9-20(13-21,14-25-2)19(23)24/h4,7-8,11H,1,5-6,9-10,12-14H2,2-3H3,(H,23,24). The Morgan fingerprint density at radius 1 is 1.33 bits per heavy atom. The van der Waals surface area contributed by atoms with Gasteiger partial charge < -0.3 is 24.2 Å². The Kier molecular flexibility index (Phi) is 7.24. The lowest BCUT2D eigenvalue weighted by atomic mass is 9.80. The molecule has 2 rings (SSSR count). The first kappa shape index (κ1) is 20.8. The number of rotatable bonds is 9. The zero-order valence-electron chi connectivity index (χ0n) is 15.9. The number of methoxy groups -OCH3 is 2. The predicted octanol–water partition coefficient (Wildman–Crippen LogP) is 2.14. The lowest BCUT2D eigenvalue weighted by molar-refractivity contribution is -0.159. The molecule has 1 aromatic carbocycles. The number of allylic oxidation sites excluding steroid dienone is 1. The molecule has 0 radical (unpaired) electrons. The van der Waals surface area contributed by atoms with Crippen LogP contribution in [0.4, 0.5) is 0 Å². The third-order valence-corrected chi connectivity index (χ3v) is 4.76. The second-order valence-corrected chi connectivity index (χ2v) is 6.70. The molecule has 27 heavy (non-hydrogen) atoms. The molecular weight excluding hydrogens is 350 g/mol. The summed E-state index contributed by atoms with van der Waals surface area (Å²) in [4.78, 5) is 25.8. The summed E-state index contributed by atoms with van der Waals surface area (Å²) in [7, 11) is 3.01. The fraction of sp³-hybridized carbons (Fsp3) is 0.500. The van der Waals surface area contributed by atoms with Crippen LogP contribution in [0.3, 0.4) is 0 Å². The van der Waals surface area contributed by atoms with Crippen LogP contribution < -0.4 is 9.47 Å². The third-order valence-electron chi connectivity index (χ3n) is 4.76. The van der Waals surface area contributed by atoms with Crippen LogP contribution in [-0.4, -0.2) is 62.4 Å². The molecule has 0 aliphatic carbocycles. The van der Waals surface area contributed by atoms with Gasteiger partial charge in [0.05, 0.1) is 13.7 Å². The number of likely N-dealkylation sites (tertiary alicyclic amines) is 1. The smallest absolute Gasteiger partial charge is 0.313 e. The maximum atomic E-state index is 12.6. The first-order valence-electron chi connectivity index (χ1n) is 8.86. The van der Waals surface area contributed by atoms with E-state index in [1.165, 1.54) is 19.1 Å². The van der Waals surface area contributed by atoms with E-state index < -0.39 is 11.4 Å². The van der Waals surface area contributed by atoms with Crippen LogP contribution in [0.25, 0.3) is 0 Å². The van der Waals surface area contributed by atoms with Crippen molar-refractivity contribution in [2.75, 3.05) is 40.5 Å². The first-order valence-corrected chi connectivity index (χ1v) is 8.86. The van der Waals surface area contributed by atoms with Gasteiger partial charge in [-0.1, -0.05) is 12.1 Å². The Balaban J connectivity index is 2.03. The van der Waals surface area contributed by atoms with Crippen LogP contribution in [0.1, 0.15) is 18.4 Å². The number of carbonyl (C=O) groups excluding carboxylic acids is 1. The third kappa shape index (κ3) is 5.01. The number of nitrogens with zero attached hydrogens (tertiary/aromatic N) is 1. The molecule has 7 heteroatoms. The Hall–Kier alpha value is -2.54. The Bertz CT molecular complexity index is 685. The monoisotopic (exact) mass is 377 g/mol. The molecule has 0 saturated carbocycles. The number of carboxylic acids is 1. The minimum absolute atomic E-state index is 0.0750. The highest BCUT2D eigenvalue weighted by molar-refractivity contribution is 5.81. The topological polar surface area (TPSA) is 85.3 Å². The lowest BCUT2D eigenvalue weighted by Gasteiger charge is -2.39. The summed E-state index contributed by atoms with van der Waals surface area (Å²) in [5, 5.41) is 9.59. The summed E-state index contributed by atoms with van der Waals surface area (Å²) >= 11 is 0. The summed E-state index contributed by atoms with van der Waals surface area (Å²) < 4.78 is 16.1. The van der Waals surface area contributed by atoms with Gasteiger partial charge in [-0.25, -0.2) is 0 Å². The number of hydrogen-bond acceptors (Lipinski definition) is 5. The van der Waals surface area contributed by atoms with Gasteiger partial charge in [0.2, 0.25) is 0 Å². The van der Waals surface area contributed by atoms with Crippen molar-refractivity contribution in [3.8, 4) is 11.5 Å². The molecule has 1 fully saturated rings. The number of amides is 1. The van der Waals surface area contributed by atoms with Crippen LogP contribution >= 0.6 is 0 Å². The van der Waals surface area contributed by atoms with Gasteiger partial charge in [-0.15, -0.1) is 6.58 Å². The minimum Gasteiger partial charge on any atom is -0.493 e. The van der Waals surface area contributed by atoms with Crippen molar-refractivity contribution < 1.29 is 28.9 Å². The number of ether oxygens (including phenoxy) is 3. The summed E-state index contributed by atoms with van der Waals surface area (Å²) in [5.74, 6) is -0.187. The number of hydrogen-bond donors (Lipinski definition) is 1. The Morgan fingerprint density at radius 3 is 2.74 bits per heavy atom. The molecule has 1 atom stereocenters. The minimum atomic E-state index is -1.06. The normalized spacial score (nSPS) is 19.4. The first-order chi connectivity index (χ1) is 13.0. The summed E-state index contributed by atoms with van der Waals surface area (Å²) in [6.45, 7) is 4.23. The van der Waals surface area contributed by atoms with Crippen molar-refractivity contribution in [2.45, 2.75) is 19.3 Å². The molecule has 7 nitrogen and oxygen atoms in total. The molecule has 1 unspecified atom stereocenters. The molecule has 1 heterocycles. The molecule has 1 aliphatic heterocycles. The average Bonchev–Trinajstić information content (AvgIpc) is 2.67. The molecule has 0 aromatic heterocycles. The Morgan fingerprint density at radius 2 is 2.11 bits per heavy atom. The maximum Gasteiger partial charge on any atom is 0.313 e. The maximum absolute atomic E-state index is 12.6. The summed E-state index contributed by atoms with van der Waals surface area (Å²) in [6.07, 6.45) is 3.60. The highest BCUT2D eigenvalue weighted by Crippen LogP contribution is 2.32. The van der Waals surface area contributed by atoms with E-state index in [0.717, 1.165) is 5.56 Å². The van der Waals surface area contributed by atoms with E-state index in [1.807, 2.05) is 12.1 Å². The molecule has 1 N–H and O–H groups in total. The molecule has 1 saturated heterocycles. The summed E-state index contributed by atoms with van der Waals surface area (Å²) in [6, 6.07) is 5.49. The van der Waals surface area contributed by atoms with Crippen LogP contribution in [-0.2, 0) is 20.7 Å². The SMILES string of the molecule is C=CCc1ccc(OCC(=O)N2CCCC(COC)(C(=O)O)C2)c(OC)c1. The van der Waals surface area contributed by atoms with Gasteiger partial charge in [-0.05, 0) is 37.0 Å². The van der Waals surface area contributed by atoms with Gasteiger partial charge in [-0.2, -0.15) is 0 Å². The van der Waals surface area contributed by atoms with Crippen molar-refractivity contribution in [1.82, 2.24) is 4.90 Å². The van der Waals surface area contributed by atoms with Crippen molar-refractivity contribution in [1.29, 1.82) is 0 Å². The largest absolute Gasteiger partial charge is 0.493 e. The summed E-state index contributed by atoms with van der Waals surface area (Å²) in [5.41, 5.74) is -0.0328. The van der Waals surface area contributed by atoms with Crippen molar-refractivity contribution in [2.24, 2.45) is 5.41 Å². The molecular formula is C20H27NO6. The van der Waals surface area contributed by atoms with Crippen LogP contribution in [0.5, 0.6) is 11.5 Å². The number of carboxylic acid groups (broad SMARTS) is 1. The van der Waals surface area contributed by atoms with Gasteiger partial charge >= 0.3 is 5.97 Å². The predicted molar refractivity (Wildman–Crippen MR) is 100 cm³/mol. The average molecular weight is 377 g/mol. The molecule has 1 amide bonds. The van der Waals surface area contributed by atoms with Gasteiger partial charge in [-0.3, -0.25) is 9.59 Å². The van der Waals surface area contributed by atoms with Crippen LogP contribution in [0.15, 0.2) is 30.9 Å². The van der Waals surface area contributed by atoms with E-state index in [9.17, 15) is 14.7 Å². The van der Waals surface area contributed by atoms with Crippen LogP contribution in [0, 0.1) is 5.41 Å².